The van der Waals surface area contributed by atoms with Gasteiger partial charge in [0, 0.05) is 19.8 Å². The lowest BCUT2D eigenvalue weighted by Gasteiger charge is -2.54. The van der Waals surface area contributed by atoms with E-state index in [4.69, 9.17) is 9.47 Å². The highest BCUT2D eigenvalue weighted by molar-refractivity contribution is 5.68. The average Bonchev–Trinajstić information content (AvgIpc) is 2.60. The first kappa shape index (κ1) is 23.7. The molecule has 2 aliphatic rings. The van der Waals surface area contributed by atoms with Crippen molar-refractivity contribution in [1.82, 2.24) is 0 Å². The van der Waals surface area contributed by atoms with Crippen LogP contribution in [-0.2, 0) is 19.1 Å². The van der Waals surface area contributed by atoms with Gasteiger partial charge in [0.05, 0.1) is 5.60 Å². The van der Waals surface area contributed by atoms with Gasteiger partial charge in [0.25, 0.3) is 0 Å². The zero-order valence-corrected chi connectivity index (χ0v) is 19.1. The number of carbonyl (C=O) groups is 2. The maximum absolute atomic E-state index is 12.0. The molecular weight excluding hydrogens is 368 g/mol. The summed E-state index contributed by atoms with van der Waals surface area (Å²) in [6.45, 7) is 16.9. The molecule has 164 valence electrons. The second-order valence-electron chi connectivity index (χ2n) is 10.0. The van der Waals surface area contributed by atoms with Gasteiger partial charge in [0.15, 0.2) is 6.10 Å². The lowest BCUT2D eigenvalue weighted by molar-refractivity contribution is -0.174. The van der Waals surface area contributed by atoms with Gasteiger partial charge in [-0.3, -0.25) is 9.59 Å². The van der Waals surface area contributed by atoms with Gasteiger partial charge in [0.1, 0.15) is 6.10 Å². The first-order chi connectivity index (χ1) is 13.2. The molecule has 0 aromatic carbocycles. The zero-order chi connectivity index (χ0) is 22.2. The third kappa shape index (κ3) is 4.76. The van der Waals surface area contributed by atoms with Crippen molar-refractivity contribution in [2.75, 3.05) is 0 Å². The van der Waals surface area contributed by atoms with Crippen molar-refractivity contribution >= 4 is 11.9 Å². The van der Waals surface area contributed by atoms with Crippen LogP contribution in [0, 0.1) is 16.7 Å². The molecule has 0 aromatic rings. The average molecular weight is 407 g/mol. The van der Waals surface area contributed by atoms with Crippen LogP contribution in [0.3, 0.4) is 0 Å². The van der Waals surface area contributed by atoms with E-state index in [0.29, 0.717) is 6.42 Å². The van der Waals surface area contributed by atoms with E-state index >= 15 is 0 Å². The molecule has 0 aromatic heterocycles. The van der Waals surface area contributed by atoms with E-state index in [1.54, 1.807) is 13.0 Å². The lowest BCUT2D eigenvalue weighted by Crippen LogP contribution is -2.55. The Morgan fingerprint density at radius 2 is 1.83 bits per heavy atom. The Morgan fingerprint density at radius 1 is 1.24 bits per heavy atom. The van der Waals surface area contributed by atoms with Crippen LogP contribution < -0.4 is 0 Å². The second kappa shape index (κ2) is 8.25. The molecule has 0 bridgehead atoms. The molecule has 29 heavy (non-hydrogen) atoms. The van der Waals surface area contributed by atoms with Crippen molar-refractivity contribution in [3.8, 4) is 0 Å². The zero-order valence-electron chi connectivity index (χ0n) is 19.1. The van der Waals surface area contributed by atoms with Gasteiger partial charge in [-0.1, -0.05) is 39.3 Å². The SMILES string of the molecule is C=CC(C)(O)CC[C@@]1(C)C2=C([C@H](OC(C)=O)[C@H](OC(C)=O)[C@H]1C)C(C)(C)CCC2. The predicted molar refractivity (Wildman–Crippen MR) is 113 cm³/mol. The Hall–Kier alpha value is -1.62. The lowest BCUT2D eigenvalue weighted by atomic mass is 9.53. The first-order valence-electron chi connectivity index (χ1n) is 10.7. The van der Waals surface area contributed by atoms with E-state index in [0.717, 1.165) is 31.3 Å². The Kier molecular flexibility index (Phi) is 6.73. The summed E-state index contributed by atoms with van der Waals surface area (Å²) >= 11 is 0. The number of allylic oxidation sites excluding steroid dienone is 1. The molecule has 0 radical (unpaired) electrons. The first-order valence-corrected chi connectivity index (χ1v) is 10.7. The minimum Gasteiger partial charge on any atom is -0.458 e. The molecule has 0 spiro atoms. The highest BCUT2D eigenvalue weighted by Crippen LogP contribution is 2.58. The quantitative estimate of drug-likeness (QED) is 0.510. The summed E-state index contributed by atoms with van der Waals surface area (Å²) in [4.78, 5) is 23.9. The minimum atomic E-state index is -0.961. The Bertz CT molecular complexity index is 702. The van der Waals surface area contributed by atoms with Crippen LogP contribution in [0.1, 0.15) is 80.6 Å². The maximum Gasteiger partial charge on any atom is 0.303 e. The summed E-state index contributed by atoms with van der Waals surface area (Å²) in [5, 5.41) is 10.5. The Morgan fingerprint density at radius 3 is 2.34 bits per heavy atom. The van der Waals surface area contributed by atoms with Crippen molar-refractivity contribution in [2.24, 2.45) is 16.7 Å². The maximum atomic E-state index is 12.0. The molecule has 0 heterocycles. The van der Waals surface area contributed by atoms with Crippen molar-refractivity contribution < 1.29 is 24.2 Å². The van der Waals surface area contributed by atoms with Crippen LogP contribution >= 0.6 is 0 Å². The number of hydrogen-bond donors (Lipinski definition) is 1. The molecule has 5 nitrogen and oxygen atoms in total. The molecule has 1 unspecified atom stereocenters. The van der Waals surface area contributed by atoms with Crippen molar-refractivity contribution in [1.29, 1.82) is 0 Å². The van der Waals surface area contributed by atoms with Crippen LogP contribution in [-0.4, -0.2) is 34.9 Å². The standard InChI is InChI=1S/C24H38O5/c1-9-23(7,27)13-14-24(8)15(2)20(28-16(3)25)21(29-17(4)26)19-18(24)11-10-12-22(19,5)6/h9,15,20-21,27H,1,10-14H2,2-8H3/t15-,20-,21+,23?,24-/m1/s1. The van der Waals surface area contributed by atoms with Crippen molar-refractivity contribution in [3.63, 3.8) is 0 Å². The smallest absolute Gasteiger partial charge is 0.303 e. The highest BCUT2D eigenvalue weighted by atomic mass is 16.6. The van der Waals surface area contributed by atoms with Crippen LogP contribution in [0.25, 0.3) is 0 Å². The van der Waals surface area contributed by atoms with Crippen LogP contribution in [0.15, 0.2) is 23.8 Å². The fourth-order valence-electron chi connectivity index (χ4n) is 5.25. The summed E-state index contributed by atoms with van der Waals surface area (Å²) in [6, 6.07) is 0. The van der Waals surface area contributed by atoms with Crippen LogP contribution in [0.5, 0.6) is 0 Å². The Balaban J connectivity index is 2.64. The molecule has 0 amide bonds. The molecule has 2 rings (SSSR count). The molecule has 0 saturated heterocycles. The minimum absolute atomic E-state index is 0.0657. The molecule has 5 heteroatoms. The van der Waals surface area contributed by atoms with Crippen LogP contribution in [0.4, 0.5) is 0 Å². The van der Waals surface area contributed by atoms with Gasteiger partial charge >= 0.3 is 11.9 Å². The highest BCUT2D eigenvalue weighted by Gasteiger charge is 2.55. The third-order valence-electron chi connectivity index (χ3n) is 7.24. The number of esters is 2. The van der Waals surface area contributed by atoms with E-state index in [2.05, 4.69) is 34.3 Å². The van der Waals surface area contributed by atoms with Crippen molar-refractivity contribution in [3.05, 3.63) is 23.8 Å². The van der Waals surface area contributed by atoms with E-state index in [-0.39, 0.29) is 28.7 Å². The number of rotatable bonds is 6. The molecule has 1 N–H and O–H groups in total. The van der Waals surface area contributed by atoms with E-state index in [1.807, 2.05) is 0 Å². The van der Waals surface area contributed by atoms with E-state index in [9.17, 15) is 14.7 Å². The van der Waals surface area contributed by atoms with Gasteiger partial charge in [-0.25, -0.2) is 0 Å². The van der Waals surface area contributed by atoms with Crippen LogP contribution in [0.2, 0.25) is 0 Å². The molecule has 0 fully saturated rings. The van der Waals surface area contributed by atoms with Gasteiger partial charge in [-0.15, -0.1) is 6.58 Å². The van der Waals surface area contributed by atoms with Gasteiger partial charge in [-0.05, 0) is 55.4 Å². The fourth-order valence-corrected chi connectivity index (χ4v) is 5.25. The van der Waals surface area contributed by atoms with Gasteiger partial charge in [-0.2, -0.15) is 0 Å². The summed E-state index contributed by atoms with van der Waals surface area (Å²) in [7, 11) is 0. The predicted octanol–water partition coefficient (Wildman–Crippen LogP) is 4.73. The number of aliphatic hydroxyl groups is 1. The largest absolute Gasteiger partial charge is 0.458 e. The summed E-state index contributed by atoms with van der Waals surface area (Å²) < 4.78 is 11.6. The fraction of sp³-hybridized carbons (Fsp3) is 0.750. The van der Waals surface area contributed by atoms with Gasteiger partial charge in [0.2, 0.25) is 0 Å². The summed E-state index contributed by atoms with van der Waals surface area (Å²) in [5.74, 6) is -0.813. The van der Waals surface area contributed by atoms with E-state index < -0.39 is 17.8 Å². The molecular formula is C24H38O5. The van der Waals surface area contributed by atoms with Crippen molar-refractivity contribution in [2.45, 2.75) is 98.4 Å². The summed E-state index contributed by atoms with van der Waals surface area (Å²) in [5.41, 5.74) is 1.00. The molecule has 2 aliphatic carbocycles. The molecule has 0 saturated carbocycles. The number of ether oxygens (including phenoxy) is 2. The Labute approximate surface area is 175 Å². The topological polar surface area (TPSA) is 72.8 Å². The van der Waals surface area contributed by atoms with Gasteiger partial charge < -0.3 is 14.6 Å². The second-order valence-corrected chi connectivity index (χ2v) is 10.0. The normalized spacial score (nSPS) is 33.3. The summed E-state index contributed by atoms with van der Waals surface area (Å²) in [6.07, 6.45) is 4.74. The molecule has 5 atom stereocenters. The molecule has 0 aliphatic heterocycles. The number of carbonyl (C=O) groups excluding carboxylic acids is 2. The monoisotopic (exact) mass is 406 g/mol. The number of hydrogen-bond acceptors (Lipinski definition) is 5. The van der Waals surface area contributed by atoms with E-state index in [1.165, 1.54) is 19.4 Å². The third-order valence-corrected chi connectivity index (χ3v) is 7.24.